The van der Waals surface area contributed by atoms with Crippen molar-refractivity contribution in [3.05, 3.63) is 89.3 Å². The largest absolute Gasteiger partial charge is 0.490 e. The van der Waals surface area contributed by atoms with E-state index in [1.54, 1.807) is 6.07 Å². The van der Waals surface area contributed by atoms with Crippen molar-refractivity contribution in [2.24, 2.45) is 23.7 Å². The van der Waals surface area contributed by atoms with E-state index >= 15 is 0 Å². The monoisotopic (exact) mass is 686 g/mol. The van der Waals surface area contributed by atoms with E-state index in [2.05, 4.69) is 28.9 Å². The Kier molecular flexibility index (Phi) is 10.0. The maximum Gasteiger partial charge on any atom is 0.416 e. The predicted octanol–water partition coefficient (Wildman–Crippen LogP) is 10.1. The van der Waals surface area contributed by atoms with Gasteiger partial charge in [-0.05, 0) is 92.3 Å². The number of benzene rings is 3. The number of fused-ring (bicyclic) bond motifs is 3. The molecular weight excluding hydrogens is 641 g/mol. The highest BCUT2D eigenvalue weighted by molar-refractivity contribution is 5.98. The van der Waals surface area contributed by atoms with Crippen molar-refractivity contribution in [2.45, 2.75) is 89.8 Å². The predicted molar refractivity (Wildman–Crippen MR) is 187 cm³/mol. The fraction of sp³-hybridized carbons (Fsp3) is 0.488. The van der Waals surface area contributed by atoms with Crippen LogP contribution in [0, 0.1) is 23.7 Å². The van der Waals surface area contributed by atoms with Gasteiger partial charge in [-0.15, -0.1) is 0 Å². The number of halogens is 3. The number of aryl methyl sites for hydroxylation is 1. The van der Waals surface area contributed by atoms with Gasteiger partial charge in [0.2, 0.25) is 5.78 Å². The van der Waals surface area contributed by atoms with E-state index in [-0.39, 0.29) is 41.3 Å². The Labute approximate surface area is 291 Å². The number of carbonyl (C=O) groups excluding carboxylic acids is 2. The Morgan fingerprint density at radius 3 is 2.32 bits per heavy atom. The molecule has 4 atom stereocenters. The normalized spacial score (nSPS) is 23.6. The van der Waals surface area contributed by atoms with Crippen LogP contribution in [-0.2, 0) is 12.6 Å². The smallest absolute Gasteiger partial charge is 0.416 e. The Bertz CT molecular complexity index is 1790. The highest BCUT2D eigenvalue weighted by Crippen LogP contribution is 2.43. The standard InChI is InChI=1S/C41H45F3N2O4/c1-2-26-9-11-28(12-10-26)38(47)30-7-4-6-29-23-27(24-30)5-3-8-35(29)39(48)40-45-36-18-17-34(25-37(36)50-40)49-33-19-21-46(22-20-33)32-15-13-31(14-16-32)41(42,43)44/h9-18,25,27,29-30,33,35H,2-8,19-24H2,1H3. The summed E-state index contributed by atoms with van der Waals surface area (Å²) in [5.41, 5.74) is 3.32. The van der Waals surface area contributed by atoms with Crippen molar-refractivity contribution in [3.8, 4) is 5.75 Å². The lowest BCUT2D eigenvalue weighted by molar-refractivity contribution is -0.137. The topological polar surface area (TPSA) is 72.6 Å². The van der Waals surface area contributed by atoms with Gasteiger partial charge < -0.3 is 14.1 Å². The van der Waals surface area contributed by atoms with Crippen LogP contribution in [0.3, 0.4) is 0 Å². The Balaban J connectivity index is 0.955. The number of piperidine rings is 1. The minimum absolute atomic E-state index is 0.0193. The summed E-state index contributed by atoms with van der Waals surface area (Å²) in [4.78, 5) is 34.1. The molecule has 2 heterocycles. The lowest BCUT2D eigenvalue weighted by atomic mass is 9.73. The number of aromatic nitrogens is 1. The molecular formula is C41H45F3N2O4. The number of hydrogen-bond acceptors (Lipinski definition) is 6. The van der Waals surface area contributed by atoms with E-state index in [1.807, 2.05) is 24.3 Å². The minimum atomic E-state index is -4.35. The molecule has 2 saturated carbocycles. The van der Waals surface area contributed by atoms with E-state index in [0.29, 0.717) is 35.9 Å². The van der Waals surface area contributed by atoms with Gasteiger partial charge >= 0.3 is 6.18 Å². The van der Waals surface area contributed by atoms with Gasteiger partial charge in [-0.1, -0.05) is 50.5 Å². The summed E-state index contributed by atoms with van der Waals surface area (Å²) in [5, 5.41) is 0. The molecule has 4 unspecified atom stereocenters. The third-order valence-corrected chi connectivity index (χ3v) is 11.3. The molecule has 3 aromatic carbocycles. The van der Waals surface area contributed by atoms with Gasteiger partial charge in [-0.3, -0.25) is 9.59 Å². The number of oxazole rings is 1. The summed E-state index contributed by atoms with van der Waals surface area (Å²) in [7, 11) is 0. The molecule has 1 aliphatic heterocycles. The molecule has 264 valence electrons. The first-order valence-electron chi connectivity index (χ1n) is 18.3. The molecule has 0 radical (unpaired) electrons. The summed E-state index contributed by atoms with van der Waals surface area (Å²) >= 11 is 0. The molecule has 2 bridgehead atoms. The van der Waals surface area contributed by atoms with Crippen molar-refractivity contribution in [3.63, 3.8) is 0 Å². The zero-order chi connectivity index (χ0) is 34.8. The van der Waals surface area contributed by atoms with Gasteiger partial charge in [-0.2, -0.15) is 13.2 Å². The van der Waals surface area contributed by atoms with E-state index in [4.69, 9.17) is 9.15 Å². The molecule has 4 aromatic rings. The molecule has 0 amide bonds. The molecule has 3 fully saturated rings. The van der Waals surface area contributed by atoms with Crippen molar-refractivity contribution in [2.75, 3.05) is 18.0 Å². The van der Waals surface area contributed by atoms with E-state index in [0.717, 1.165) is 94.0 Å². The van der Waals surface area contributed by atoms with Gasteiger partial charge in [0.25, 0.3) is 5.89 Å². The van der Waals surface area contributed by atoms with Gasteiger partial charge in [0.05, 0.1) is 5.56 Å². The fourth-order valence-corrected chi connectivity index (χ4v) is 8.50. The summed E-state index contributed by atoms with van der Waals surface area (Å²) in [6.45, 7) is 3.47. The van der Waals surface area contributed by atoms with Crippen molar-refractivity contribution in [1.82, 2.24) is 4.98 Å². The molecule has 9 heteroatoms. The number of carbonyl (C=O) groups is 2. The van der Waals surface area contributed by atoms with Crippen molar-refractivity contribution >= 4 is 28.4 Å². The SMILES string of the molecule is CCc1ccc(C(=O)C2CCCC3CC(CCCC3C(=O)c3nc4ccc(OC5CCN(c6ccc(C(F)(F)F)cc6)CC5)cc4o3)C2)cc1. The average molecular weight is 687 g/mol. The van der Waals surface area contributed by atoms with E-state index < -0.39 is 11.7 Å². The molecule has 0 spiro atoms. The Morgan fingerprint density at radius 1 is 0.860 bits per heavy atom. The number of alkyl halides is 3. The van der Waals surface area contributed by atoms with Crippen LogP contribution in [0.25, 0.3) is 11.1 Å². The average Bonchev–Trinajstić information content (AvgIpc) is 3.42. The minimum Gasteiger partial charge on any atom is -0.490 e. The van der Waals surface area contributed by atoms with Crippen LogP contribution in [-0.4, -0.2) is 35.7 Å². The van der Waals surface area contributed by atoms with Crippen LogP contribution in [0.1, 0.15) is 103 Å². The Morgan fingerprint density at radius 2 is 1.60 bits per heavy atom. The molecule has 7 rings (SSSR count). The zero-order valence-corrected chi connectivity index (χ0v) is 28.6. The first-order chi connectivity index (χ1) is 24.1. The lowest BCUT2D eigenvalue weighted by Crippen LogP contribution is -2.38. The van der Waals surface area contributed by atoms with Crippen LogP contribution >= 0.6 is 0 Å². The summed E-state index contributed by atoms with van der Waals surface area (Å²) in [6.07, 6.45) is 5.42. The summed E-state index contributed by atoms with van der Waals surface area (Å²) in [5.74, 6) is 1.66. The second kappa shape index (κ2) is 14.6. The van der Waals surface area contributed by atoms with Crippen molar-refractivity contribution in [1.29, 1.82) is 0 Å². The molecule has 6 nitrogen and oxygen atoms in total. The van der Waals surface area contributed by atoms with Crippen molar-refractivity contribution < 1.29 is 31.9 Å². The highest BCUT2D eigenvalue weighted by atomic mass is 19.4. The molecule has 1 aromatic heterocycles. The maximum atomic E-state index is 13.9. The van der Waals surface area contributed by atoms with Gasteiger partial charge in [0, 0.05) is 55.1 Å². The van der Waals surface area contributed by atoms with Crippen LogP contribution < -0.4 is 9.64 Å². The van der Waals surface area contributed by atoms with Crippen LogP contribution in [0.5, 0.6) is 5.75 Å². The second-order valence-electron chi connectivity index (χ2n) is 14.5. The second-order valence-corrected chi connectivity index (χ2v) is 14.5. The van der Waals surface area contributed by atoms with Crippen LogP contribution in [0.15, 0.2) is 71.1 Å². The zero-order valence-electron chi connectivity index (χ0n) is 28.6. The number of anilines is 1. The number of ether oxygens (including phenoxy) is 1. The number of rotatable bonds is 8. The third kappa shape index (κ3) is 7.62. The quantitative estimate of drug-likeness (QED) is 0.172. The number of nitrogens with zero attached hydrogens (tertiary/aromatic N) is 2. The number of Topliss-reactive ketones (excluding diaryl/α,β-unsaturated/α-hetero) is 2. The third-order valence-electron chi connectivity index (χ3n) is 11.3. The highest BCUT2D eigenvalue weighted by Gasteiger charge is 2.38. The van der Waals surface area contributed by atoms with Gasteiger partial charge in [0.1, 0.15) is 17.4 Å². The molecule has 3 aliphatic rings. The van der Waals surface area contributed by atoms with Crippen LogP contribution in [0.4, 0.5) is 18.9 Å². The number of ketones is 2. The summed E-state index contributed by atoms with van der Waals surface area (Å²) < 4.78 is 51.2. The van der Waals surface area contributed by atoms with Crippen LogP contribution in [0.2, 0.25) is 0 Å². The van der Waals surface area contributed by atoms with E-state index in [9.17, 15) is 22.8 Å². The van der Waals surface area contributed by atoms with Gasteiger partial charge in [-0.25, -0.2) is 4.98 Å². The molecule has 2 aliphatic carbocycles. The Hall–Kier alpha value is -4.14. The van der Waals surface area contributed by atoms with Gasteiger partial charge in [0.15, 0.2) is 11.4 Å². The first-order valence-corrected chi connectivity index (χ1v) is 18.3. The first kappa shape index (κ1) is 34.3. The van der Waals surface area contributed by atoms with E-state index in [1.165, 1.54) is 17.7 Å². The molecule has 0 N–H and O–H groups in total. The lowest BCUT2D eigenvalue weighted by Gasteiger charge is -2.33. The maximum absolute atomic E-state index is 13.9. The summed E-state index contributed by atoms with van der Waals surface area (Å²) in [6, 6.07) is 18.9. The molecule has 50 heavy (non-hydrogen) atoms. The molecule has 1 saturated heterocycles. The fourth-order valence-electron chi connectivity index (χ4n) is 8.50. The number of hydrogen-bond donors (Lipinski definition) is 0.